The number of halogens is 1. The predicted octanol–water partition coefficient (Wildman–Crippen LogP) is 4.40. The van der Waals surface area contributed by atoms with Gasteiger partial charge < -0.3 is 10.6 Å². The van der Waals surface area contributed by atoms with Crippen molar-refractivity contribution in [2.75, 3.05) is 12.3 Å². The molecule has 0 fully saturated rings. The summed E-state index contributed by atoms with van der Waals surface area (Å²) in [4.78, 5) is 15.2. The fraction of sp³-hybridized carbons (Fsp3) is 0.400. The summed E-state index contributed by atoms with van der Waals surface area (Å²) < 4.78 is 0.957. The second-order valence-electron chi connectivity index (χ2n) is 5.08. The van der Waals surface area contributed by atoms with Crippen LogP contribution in [0.4, 0.5) is 5.69 Å². The molecule has 1 aromatic heterocycles. The number of nitrogen functional groups attached to an aromatic ring is 1. The van der Waals surface area contributed by atoms with E-state index in [0.29, 0.717) is 15.6 Å². The first-order valence-electron chi connectivity index (χ1n) is 6.74. The van der Waals surface area contributed by atoms with Crippen LogP contribution < -0.4 is 5.73 Å². The van der Waals surface area contributed by atoms with Crippen molar-refractivity contribution in [2.45, 2.75) is 33.2 Å². The van der Waals surface area contributed by atoms with Gasteiger partial charge in [-0.3, -0.25) is 4.79 Å². The number of rotatable bonds is 4. The largest absolute Gasteiger partial charge is 0.397 e. The number of fused-ring (bicyclic) bond motifs is 1. The molecule has 0 aliphatic carbocycles. The number of benzene rings is 1. The number of carbonyl (C=O) groups excluding carboxylic acids is 1. The molecule has 5 heteroatoms. The van der Waals surface area contributed by atoms with Crippen molar-refractivity contribution in [3.05, 3.63) is 28.1 Å². The molecule has 1 aromatic carbocycles. The van der Waals surface area contributed by atoms with Gasteiger partial charge in [-0.15, -0.1) is 11.3 Å². The number of hydrogen-bond acceptors (Lipinski definition) is 3. The normalized spacial score (nSPS) is 11.2. The first kappa shape index (κ1) is 15.1. The second-order valence-corrected chi connectivity index (χ2v) is 6.57. The van der Waals surface area contributed by atoms with Crippen LogP contribution in [0.15, 0.2) is 18.2 Å². The maximum absolute atomic E-state index is 12.7. The van der Waals surface area contributed by atoms with Gasteiger partial charge in [0.1, 0.15) is 4.88 Å². The van der Waals surface area contributed by atoms with Crippen LogP contribution in [-0.4, -0.2) is 23.4 Å². The highest BCUT2D eigenvalue weighted by atomic mass is 35.5. The number of amides is 1. The van der Waals surface area contributed by atoms with Crippen LogP contribution in [0.1, 0.15) is 36.9 Å². The lowest BCUT2D eigenvalue weighted by molar-refractivity contribution is 0.0712. The van der Waals surface area contributed by atoms with Gasteiger partial charge in [0.05, 0.1) is 5.69 Å². The minimum Gasteiger partial charge on any atom is -0.397 e. The van der Waals surface area contributed by atoms with Crippen molar-refractivity contribution in [3.63, 3.8) is 0 Å². The van der Waals surface area contributed by atoms with Gasteiger partial charge in [-0.05, 0) is 38.5 Å². The van der Waals surface area contributed by atoms with Crippen LogP contribution >= 0.6 is 22.9 Å². The highest BCUT2D eigenvalue weighted by molar-refractivity contribution is 7.21. The third-order valence-corrected chi connectivity index (χ3v) is 4.62. The Morgan fingerprint density at radius 2 is 2.15 bits per heavy atom. The Balaban J connectivity index is 2.46. The smallest absolute Gasteiger partial charge is 0.266 e. The Bertz CT molecular complexity index is 636. The van der Waals surface area contributed by atoms with E-state index in [1.54, 1.807) is 6.07 Å². The SMILES string of the molecule is CCCN(C(=O)c1sc2cc(Cl)ccc2c1N)C(C)C. The van der Waals surface area contributed by atoms with Crippen molar-refractivity contribution < 1.29 is 4.79 Å². The average Bonchev–Trinajstić information content (AvgIpc) is 2.71. The van der Waals surface area contributed by atoms with Crippen molar-refractivity contribution in [1.29, 1.82) is 0 Å². The number of anilines is 1. The third kappa shape index (κ3) is 2.76. The number of hydrogen-bond donors (Lipinski definition) is 1. The van der Waals surface area contributed by atoms with E-state index in [1.807, 2.05) is 30.9 Å². The van der Waals surface area contributed by atoms with Gasteiger partial charge in [0, 0.05) is 27.7 Å². The van der Waals surface area contributed by atoms with E-state index in [9.17, 15) is 4.79 Å². The molecule has 108 valence electrons. The van der Waals surface area contributed by atoms with Crippen LogP contribution in [0, 0.1) is 0 Å². The van der Waals surface area contributed by atoms with E-state index < -0.39 is 0 Å². The van der Waals surface area contributed by atoms with Crippen molar-refractivity contribution in [1.82, 2.24) is 4.90 Å². The second kappa shape index (κ2) is 6.02. The summed E-state index contributed by atoms with van der Waals surface area (Å²) in [5, 5.41) is 1.56. The van der Waals surface area contributed by atoms with E-state index in [-0.39, 0.29) is 11.9 Å². The van der Waals surface area contributed by atoms with Gasteiger partial charge in [-0.2, -0.15) is 0 Å². The number of thiophene rings is 1. The van der Waals surface area contributed by atoms with E-state index in [4.69, 9.17) is 17.3 Å². The molecule has 3 nitrogen and oxygen atoms in total. The zero-order chi connectivity index (χ0) is 14.9. The van der Waals surface area contributed by atoms with E-state index in [2.05, 4.69) is 6.92 Å². The molecule has 20 heavy (non-hydrogen) atoms. The Hall–Kier alpha value is -1.26. The molecule has 2 N–H and O–H groups in total. The van der Waals surface area contributed by atoms with Gasteiger partial charge in [-0.1, -0.05) is 18.5 Å². The summed E-state index contributed by atoms with van der Waals surface area (Å²) in [7, 11) is 0. The third-order valence-electron chi connectivity index (χ3n) is 3.23. The molecular formula is C15H19ClN2OS. The maximum atomic E-state index is 12.7. The quantitative estimate of drug-likeness (QED) is 0.910. The minimum absolute atomic E-state index is 0.0108. The summed E-state index contributed by atoms with van der Waals surface area (Å²) >= 11 is 7.41. The molecule has 0 aliphatic heterocycles. The minimum atomic E-state index is 0.0108. The van der Waals surface area contributed by atoms with Crippen LogP contribution in [0.3, 0.4) is 0 Å². The van der Waals surface area contributed by atoms with E-state index in [1.165, 1.54) is 11.3 Å². The van der Waals surface area contributed by atoms with Crippen LogP contribution in [0.25, 0.3) is 10.1 Å². The molecular weight excluding hydrogens is 292 g/mol. The predicted molar refractivity (Wildman–Crippen MR) is 87.7 cm³/mol. The molecule has 0 atom stereocenters. The first-order valence-corrected chi connectivity index (χ1v) is 7.93. The highest BCUT2D eigenvalue weighted by Crippen LogP contribution is 2.36. The summed E-state index contributed by atoms with van der Waals surface area (Å²) in [6, 6.07) is 5.69. The standard InChI is InChI=1S/C15H19ClN2OS/c1-4-7-18(9(2)3)15(19)14-13(17)11-6-5-10(16)8-12(11)20-14/h5-6,8-9H,4,7,17H2,1-3H3. The maximum Gasteiger partial charge on any atom is 0.266 e. The molecule has 1 amide bonds. The van der Waals surface area contributed by atoms with Crippen LogP contribution in [0.2, 0.25) is 5.02 Å². The van der Waals surface area contributed by atoms with Gasteiger partial charge in [0.25, 0.3) is 5.91 Å². The Morgan fingerprint density at radius 1 is 1.45 bits per heavy atom. The lowest BCUT2D eigenvalue weighted by Gasteiger charge is -2.25. The first-order chi connectivity index (χ1) is 9.45. The number of nitrogens with two attached hydrogens (primary N) is 1. The molecule has 0 spiro atoms. The Kier molecular flexibility index (Phi) is 4.55. The molecule has 0 unspecified atom stereocenters. The monoisotopic (exact) mass is 310 g/mol. The number of carbonyl (C=O) groups is 1. The van der Waals surface area contributed by atoms with Crippen molar-refractivity contribution in [2.24, 2.45) is 0 Å². The summed E-state index contributed by atoms with van der Waals surface area (Å²) in [6.07, 6.45) is 0.931. The van der Waals surface area contributed by atoms with Crippen LogP contribution in [-0.2, 0) is 0 Å². The molecule has 0 bridgehead atoms. The molecule has 0 radical (unpaired) electrons. The molecule has 0 saturated heterocycles. The van der Waals surface area contributed by atoms with E-state index >= 15 is 0 Å². The van der Waals surface area contributed by atoms with Gasteiger partial charge >= 0.3 is 0 Å². The number of nitrogens with zero attached hydrogens (tertiary/aromatic N) is 1. The summed E-state index contributed by atoms with van der Waals surface area (Å²) in [5.74, 6) is 0.0108. The van der Waals surface area contributed by atoms with Crippen molar-refractivity contribution >= 4 is 44.6 Å². The molecule has 0 saturated carbocycles. The Morgan fingerprint density at radius 3 is 2.75 bits per heavy atom. The molecule has 0 aliphatic rings. The molecule has 1 heterocycles. The molecule has 2 aromatic rings. The van der Waals surface area contributed by atoms with Gasteiger partial charge in [0.15, 0.2) is 0 Å². The Labute approximate surface area is 128 Å². The average molecular weight is 311 g/mol. The molecule has 2 rings (SSSR count). The zero-order valence-corrected chi connectivity index (χ0v) is 13.5. The summed E-state index contributed by atoms with van der Waals surface area (Å²) in [5.41, 5.74) is 6.71. The zero-order valence-electron chi connectivity index (χ0n) is 11.9. The van der Waals surface area contributed by atoms with Crippen LogP contribution in [0.5, 0.6) is 0 Å². The fourth-order valence-corrected chi connectivity index (χ4v) is 3.57. The van der Waals surface area contributed by atoms with E-state index in [0.717, 1.165) is 23.1 Å². The lowest BCUT2D eigenvalue weighted by atomic mass is 10.2. The van der Waals surface area contributed by atoms with Crippen molar-refractivity contribution in [3.8, 4) is 0 Å². The fourth-order valence-electron chi connectivity index (χ4n) is 2.21. The summed E-state index contributed by atoms with van der Waals surface area (Å²) in [6.45, 7) is 6.85. The van der Waals surface area contributed by atoms with Gasteiger partial charge in [-0.25, -0.2) is 0 Å². The van der Waals surface area contributed by atoms with Gasteiger partial charge in [0.2, 0.25) is 0 Å². The lowest BCUT2D eigenvalue weighted by Crippen LogP contribution is -2.37. The highest BCUT2D eigenvalue weighted by Gasteiger charge is 2.23. The topological polar surface area (TPSA) is 46.3 Å².